The molecule has 0 unspecified atom stereocenters. The van der Waals surface area contributed by atoms with E-state index in [1.165, 1.54) is 30.4 Å². The van der Waals surface area contributed by atoms with Gasteiger partial charge in [-0.25, -0.2) is 0 Å². The number of non-ortho nitro benzene ring substituents is 1. The number of hydrogen-bond donors (Lipinski definition) is 0. The zero-order valence-corrected chi connectivity index (χ0v) is 14.1. The van der Waals surface area contributed by atoms with Gasteiger partial charge in [-0.05, 0) is 29.3 Å². The molecule has 0 atom stereocenters. The van der Waals surface area contributed by atoms with Crippen LogP contribution in [0.15, 0.2) is 54.6 Å². The quantitative estimate of drug-likeness (QED) is 0.237. The number of methoxy groups -OCH3 is 1. The first-order valence-corrected chi connectivity index (χ1v) is 7.72. The van der Waals surface area contributed by atoms with Crippen molar-refractivity contribution in [3.8, 4) is 5.75 Å². The predicted molar refractivity (Wildman–Crippen MR) is 94.5 cm³/mol. The molecule has 0 fully saturated rings. The summed E-state index contributed by atoms with van der Waals surface area (Å²) >= 11 is 0. The smallest absolute Gasteiger partial charge is 0.314 e. The van der Waals surface area contributed by atoms with Gasteiger partial charge in [0.2, 0.25) is 0 Å². The largest absolute Gasteiger partial charge is 0.497 e. The van der Waals surface area contributed by atoms with E-state index in [4.69, 9.17) is 9.47 Å². The Balaban J connectivity index is 1.83. The fourth-order valence-electron chi connectivity index (χ4n) is 2.07. The van der Waals surface area contributed by atoms with Gasteiger partial charge in [0.1, 0.15) is 18.8 Å². The number of rotatable bonds is 8. The molecule has 0 aliphatic carbocycles. The summed E-state index contributed by atoms with van der Waals surface area (Å²) < 4.78 is 10.1. The summed E-state index contributed by atoms with van der Waals surface area (Å²) in [5.74, 6) is -0.396. The first-order valence-electron chi connectivity index (χ1n) is 7.72. The minimum Gasteiger partial charge on any atom is -0.497 e. The van der Waals surface area contributed by atoms with E-state index in [1.807, 2.05) is 0 Å². The second kappa shape index (κ2) is 9.12. The van der Waals surface area contributed by atoms with Gasteiger partial charge in [0, 0.05) is 12.1 Å². The van der Waals surface area contributed by atoms with Gasteiger partial charge in [-0.3, -0.25) is 19.7 Å². The van der Waals surface area contributed by atoms with Crippen molar-refractivity contribution in [2.45, 2.75) is 13.0 Å². The zero-order chi connectivity index (χ0) is 18.9. The van der Waals surface area contributed by atoms with Crippen LogP contribution in [0.5, 0.6) is 5.75 Å². The lowest BCUT2D eigenvalue weighted by Crippen LogP contribution is -2.09. The molecule has 0 N–H and O–H groups in total. The first-order chi connectivity index (χ1) is 12.5. The fourth-order valence-corrected chi connectivity index (χ4v) is 2.07. The molecule has 0 saturated heterocycles. The number of carbonyl (C=O) groups is 2. The molecule has 0 bridgehead atoms. The number of nitro benzene ring substituents is 1. The Labute approximate surface area is 150 Å². The summed E-state index contributed by atoms with van der Waals surface area (Å²) in [5.41, 5.74) is 1.20. The van der Waals surface area contributed by atoms with Crippen molar-refractivity contribution >= 4 is 23.5 Å². The standard InChI is InChI=1S/C19H17NO6/c1-25-18-9-6-15(7-10-18)13-26-19(22)12-17(21)8-5-14-3-2-4-16(11-14)20(23)24/h2-11H,12-13H2,1H3. The van der Waals surface area contributed by atoms with Gasteiger partial charge in [0.05, 0.1) is 12.0 Å². The van der Waals surface area contributed by atoms with E-state index in [0.29, 0.717) is 11.3 Å². The van der Waals surface area contributed by atoms with Crippen LogP contribution < -0.4 is 4.74 Å². The molecule has 26 heavy (non-hydrogen) atoms. The Bertz CT molecular complexity index is 826. The minimum absolute atomic E-state index is 0.0602. The van der Waals surface area contributed by atoms with E-state index >= 15 is 0 Å². The van der Waals surface area contributed by atoms with Crippen molar-refractivity contribution in [3.63, 3.8) is 0 Å². The Hall–Kier alpha value is -3.48. The maximum atomic E-state index is 11.8. The maximum Gasteiger partial charge on any atom is 0.314 e. The number of allylic oxidation sites excluding steroid dienone is 1. The molecule has 0 saturated carbocycles. The molecule has 0 aliphatic heterocycles. The van der Waals surface area contributed by atoms with Gasteiger partial charge in [0.25, 0.3) is 5.69 Å². The lowest BCUT2D eigenvalue weighted by Gasteiger charge is -2.05. The van der Waals surface area contributed by atoms with Crippen LogP contribution in [0.25, 0.3) is 6.08 Å². The van der Waals surface area contributed by atoms with Crippen molar-refractivity contribution in [2.75, 3.05) is 7.11 Å². The van der Waals surface area contributed by atoms with E-state index in [0.717, 1.165) is 5.56 Å². The number of benzene rings is 2. The molecule has 134 valence electrons. The van der Waals surface area contributed by atoms with E-state index < -0.39 is 23.1 Å². The van der Waals surface area contributed by atoms with E-state index in [1.54, 1.807) is 37.4 Å². The van der Waals surface area contributed by atoms with Crippen LogP contribution in [-0.2, 0) is 20.9 Å². The molecule has 7 nitrogen and oxygen atoms in total. The highest BCUT2D eigenvalue weighted by molar-refractivity contribution is 6.03. The number of carbonyl (C=O) groups excluding carboxylic acids is 2. The van der Waals surface area contributed by atoms with Crippen molar-refractivity contribution in [1.29, 1.82) is 0 Å². The third kappa shape index (κ3) is 5.86. The topological polar surface area (TPSA) is 95.7 Å². The van der Waals surface area contributed by atoms with Gasteiger partial charge in [-0.2, -0.15) is 0 Å². The summed E-state index contributed by atoms with van der Waals surface area (Å²) in [6, 6.07) is 12.9. The van der Waals surface area contributed by atoms with Crippen LogP contribution in [0, 0.1) is 10.1 Å². The molecule has 7 heteroatoms. The van der Waals surface area contributed by atoms with Crippen molar-refractivity contribution in [1.82, 2.24) is 0 Å². The van der Waals surface area contributed by atoms with Crippen LogP contribution >= 0.6 is 0 Å². The van der Waals surface area contributed by atoms with Crippen LogP contribution in [0.4, 0.5) is 5.69 Å². The van der Waals surface area contributed by atoms with E-state index in [9.17, 15) is 19.7 Å². The molecule has 0 spiro atoms. The zero-order valence-electron chi connectivity index (χ0n) is 14.1. The first kappa shape index (κ1) is 18.9. The second-order valence-corrected chi connectivity index (χ2v) is 5.34. The normalized spacial score (nSPS) is 10.5. The summed E-state index contributed by atoms with van der Waals surface area (Å²) in [4.78, 5) is 33.7. The van der Waals surface area contributed by atoms with Gasteiger partial charge < -0.3 is 9.47 Å². The van der Waals surface area contributed by atoms with Crippen LogP contribution in [0.3, 0.4) is 0 Å². The summed E-state index contributed by atoms with van der Waals surface area (Å²) in [7, 11) is 1.56. The number of ether oxygens (including phenoxy) is 2. The van der Waals surface area contributed by atoms with Gasteiger partial charge >= 0.3 is 5.97 Å². The Morgan fingerprint density at radius 2 is 1.88 bits per heavy atom. The van der Waals surface area contributed by atoms with Crippen LogP contribution in [0.1, 0.15) is 17.5 Å². The molecule has 2 aromatic rings. The minimum atomic E-state index is -0.644. The van der Waals surface area contributed by atoms with Crippen molar-refractivity contribution < 1.29 is 24.0 Å². The number of hydrogen-bond acceptors (Lipinski definition) is 6. The van der Waals surface area contributed by atoms with Crippen LogP contribution in [0.2, 0.25) is 0 Å². The lowest BCUT2D eigenvalue weighted by atomic mass is 10.1. The highest BCUT2D eigenvalue weighted by atomic mass is 16.6. The van der Waals surface area contributed by atoms with Crippen LogP contribution in [-0.4, -0.2) is 23.8 Å². The molecular formula is C19H17NO6. The van der Waals surface area contributed by atoms with E-state index in [-0.39, 0.29) is 12.3 Å². The highest BCUT2D eigenvalue weighted by Crippen LogP contribution is 2.14. The third-order valence-electron chi connectivity index (χ3n) is 3.42. The molecule has 2 aromatic carbocycles. The molecule has 0 aromatic heterocycles. The second-order valence-electron chi connectivity index (χ2n) is 5.34. The Kier molecular flexibility index (Phi) is 6.61. The lowest BCUT2D eigenvalue weighted by molar-refractivity contribution is -0.384. The molecule has 0 heterocycles. The van der Waals surface area contributed by atoms with Crippen molar-refractivity contribution in [2.24, 2.45) is 0 Å². The number of nitrogens with zero attached hydrogens (tertiary/aromatic N) is 1. The van der Waals surface area contributed by atoms with Gasteiger partial charge in [0.15, 0.2) is 5.78 Å². The van der Waals surface area contributed by atoms with Gasteiger partial charge in [-0.1, -0.05) is 30.3 Å². The SMILES string of the molecule is COc1ccc(COC(=O)CC(=O)C=Cc2cccc([N+](=O)[O-])c2)cc1. The summed E-state index contributed by atoms with van der Waals surface area (Å²) in [6.07, 6.45) is 2.22. The van der Waals surface area contributed by atoms with E-state index in [2.05, 4.69) is 0 Å². The summed E-state index contributed by atoms with van der Waals surface area (Å²) in [6.45, 7) is 0.0602. The molecule has 0 amide bonds. The molecule has 0 aliphatic rings. The molecule has 0 radical (unpaired) electrons. The highest BCUT2D eigenvalue weighted by Gasteiger charge is 2.09. The maximum absolute atomic E-state index is 11.8. The number of ketones is 1. The van der Waals surface area contributed by atoms with Crippen molar-refractivity contribution in [3.05, 3.63) is 75.8 Å². The third-order valence-corrected chi connectivity index (χ3v) is 3.42. The average Bonchev–Trinajstić information content (AvgIpc) is 2.65. The number of nitro groups is 1. The Morgan fingerprint density at radius 3 is 2.54 bits per heavy atom. The predicted octanol–water partition coefficient (Wildman–Crippen LogP) is 3.32. The van der Waals surface area contributed by atoms with Gasteiger partial charge in [-0.15, -0.1) is 0 Å². The average molecular weight is 355 g/mol. The molecule has 2 rings (SSSR count). The monoisotopic (exact) mass is 355 g/mol. The molecular weight excluding hydrogens is 338 g/mol. The fraction of sp³-hybridized carbons (Fsp3) is 0.158. The number of esters is 1. The Morgan fingerprint density at radius 1 is 1.15 bits per heavy atom. The summed E-state index contributed by atoms with van der Waals surface area (Å²) in [5, 5.41) is 10.7.